The van der Waals surface area contributed by atoms with Crippen molar-refractivity contribution < 1.29 is 4.79 Å². The maximum atomic E-state index is 12.1. The molecule has 0 unspecified atom stereocenters. The van der Waals surface area contributed by atoms with E-state index in [9.17, 15) is 4.79 Å². The lowest BCUT2D eigenvalue weighted by Gasteiger charge is -2.36. The number of hydrogen-bond acceptors (Lipinski definition) is 4. The highest BCUT2D eigenvalue weighted by atomic mass is 16.1. The largest absolute Gasteiger partial charge is 0.369 e. The van der Waals surface area contributed by atoms with Crippen LogP contribution in [0.1, 0.15) is 32.1 Å². The van der Waals surface area contributed by atoms with Gasteiger partial charge in [0.05, 0.1) is 0 Å². The number of nitrogens with zero attached hydrogens (tertiary/aromatic N) is 2. The summed E-state index contributed by atoms with van der Waals surface area (Å²) in [4.78, 5) is 17.0. The van der Waals surface area contributed by atoms with Crippen molar-refractivity contribution in [3.63, 3.8) is 0 Å². The molecule has 0 radical (unpaired) electrons. The lowest BCUT2D eigenvalue weighted by Crippen LogP contribution is -2.47. The summed E-state index contributed by atoms with van der Waals surface area (Å²) in [6.45, 7) is 4.99. The summed E-state index contributed by atoms with van der Waals surface area (Å²) in [5, 5.41) is 3.18. The Morgan fingerprint density at radius 3 is 2.38 bits per heavy atom. The standard InChI is InChI=1S/C19H30N4O/c20-16-6-8-17(9-7-16)21-19(24)10-11-22-12-14-23(15-13-22)18-4-2-1-3-5-18/h1-5,16-17H,6-15,20H2,(H,21,24). The average Bonchev–Trinajstić information content (AvgIpc) is 2.63. The highest BCUT2D eigenvalue weighted by molar-refractivity contribution is 5.76. The monoisotopic (exact) mass is 330 g/mol. The molecule has 3 rings (SSSR count). The van der Waals surface area contributed by atoms with Crippen LogP contribution in [0.3, 0.4) is 0 Å². The van der Waals surface area contributed by atoms with Crippen LogP contribution in [0.4, 0.5) is 5.69 Å². The quantitative estimate of drug-likeness (QED) is 0.861. The number of benzene rings is 1. The first-order valence-corrected chi connectivity index (χ1v) is 9.28. The van der Waals surface area contributed by atoms with Crippen LogP contribution in [-0.2, 0) is 4.79 Å². The molecule has 132 valence electrons. The van der Waals surface area contributed by atoms with Crippen LogP contribution in [0.5, 0.6) is 0 Å². The van der Waals surface area contributed by atoms with Gasteiger partial charge in [-0.05, 0) is 37.8 Å². The predicted octanol–water partition coefficient (Wildman–Crippen LogP) is 1.58. The van der Waals surface area contributed by atoms with E-state index in [-0.39, 0.29) is 5.91 Å². The van der Waals surface area contributed by atoms with Crippen LogP contribution in [0.25, 0.3) is 0 Å². The molecule has 5 heteroatoms. The molecule has 24 heavy (non-hydrogen) atoms. The normalized spacial score (nSPS) is 25.5. The molecule has 1 saturated carbocycles. The first-order chi connectivity index (χ1) is 11.7. The smallest absolute Gasteiger partial charge is 0.221 e. The maximum absolute atomic E-state index is 12.1. The van der Waals surface area contributed by atoms with Gasteiger partial charge >= 0.3 is 0 Å². The Labute approximate surface area is 145 Å². The van der Waals surface area contributed by atoms with E-state index in [2.05, 4.69) is 45.4 Å². The van der Waals surface area contributed by atoms with Crippen molar-refractivity contribution in [1.29, 1.82) is 0 Å². The third-order valence-corrected chi connectivity index (χ3v) is 5.29. The number of piperazine rings is 1. The molecule has 1 aliphatic heterocycles. The molecule has 0 spiro atoms. The molecule has 1 amide bonds. The summed E-state index contributed by atoms with van der Waals surface area (Å²) in [5.74, 6) is 0.195. The summed E-state index contributed by atoms with van der Waals surface area (Å²) in [6, 6.07) is 11.2. The van der Waals surface area contributed by atoms with Gasteiger partial charge in [0.25, 0.3) is 0 Å². The topological polar surface area (TPSA) is 61.6 Å². The first-order valence-electron chi connectivity index (χ1n) is 9.28. The summed E-state index contributed by atoms with van der Waals surface area (Å²) < 4.78 is 0. The van der Waals surface area contributed by atoms with Crippen LogP contribution in [0.15, 0.2) is 30.3 Å². The molecule has 1 aromatic carbocycles. The van der Waals surface area contributed by atoms with Crippen molar-refractivity contribution in [3.8, 4) is 0 Å². The molecule has 1 heterocycles. The van der Waals surface area contributed by atoms with Crippen molar-refractivity contribution >= 4 is 11.6 Å². The van der Waals surface area contributed by atoms with Crippen molar-refractivity contribution in [1.82, 2.24) is 10.2 Å². The van der Waals surface area contributed by atoms with Gasteiger partial charge in [0.1, 0.15) is 0 Å². The van der Waals surface area contributed by atoms with Gasteiger partial charge in [0.15, 0.2) is 0 Å². The second-order valence-electron chi connectivity index (χ2n) is 7.09. The zero-order valence-corrected chi connectivity index (χ0v) is 14.5. The molecular formula is C19H30N4O. The Morgan fingerprint density at radius 2 is 1.71 bits per heavy atom. The van der Waals surface area contributed by atoms with Crippen molar-refractivity contribution in [2.45, 2.75) is 44.2 Å². The highest BCUT2D eigenvalue weighted by Gasteiger charge is 2.21. The van der Waals surface area contributed by atoms with E-state index in [0.717, 1.165) is 58.4 Å². The molecule has 5 nitrogen and oxygen atoms in total. The number of hydrogen-bond donors (Lipinski definition) is 2. The Morgan fingerprint density at radius 1 is 1.04 bits per heavy atom. The van der Waals surface area contributed by atoms with Crippen LogP contribution >= 0.6 is 0 Å². The lowest BCUT2D eigenvalue weighted by atomic mass is 9.92. The Bertz CT molecular complexity index is 505. The number of para-hydroxylation sites is 1. The van der Waals surface area contributed by atoms with Gasteiger partial charge in [-0.25, -0.2) is 0 Å². The SMILES string of the molecule is NC1CCC(NC(=O)CCN2CCN(c3ccccc3)CC2)CC1. The van der Waals surface area contributed by atoms with E-state index in [1.54, 1.807) is 0 Å². The number of rotatable bonds is 5. The lowest BCUT2D eigenvalue weighted by molar-refractivity contribution is -0.122. The van der Waals surface area contributed by atoms with E-state index >= 15 is 0 Å². The van der Waals surface area contributed by atoms with E-state index in [4.69, 9.17) is 5.73 Å². The fraction of sp³-hybridized carbons (Fsp3) is 0.632. The molecule has 3 N–H and O–H groups in total. The minimum Gasteiger partial charge on any atom is -0.369 e. The fourth-order valence-electron chi connectivity index (χ4n) is 3.69. The van der Waals surface area contributed by atoms with E-state index in [1.165, 1.54) is 5.69 Å². The van der Waals surface area contributed by atoms with Gasteiger partial charge in [-0.2, -0.15) is 0 Å². The molecule has 1 aliphatic carbocycles. The summed E-state index contributed by atoms with van der Waals surface area (Å²) in [7, 11) is 0. The zero-order valence-electron chi connectivity index (χ0n) is 14.5. The number of nitrogens with one attached hydrogen (secondary N) is 1. The van der Waals surface area contributed by atoms with Gasteiger partial charge in [-0.15, -0.1) is 0 Å². The Balaban J connectivity index is 1.34. The number of carbonyl (C=O) groups is 1. The van der Waals surface area contributed by atoms with Crippen molar-refractivity contribution in [2.24, 2.45) is 5.73 Å². The molecule has 1 aromatic rings. The number of nitrogens with two attached hydrogens (primary N) is 1. The zero-order chi connectivity index (χ0) is 16.8. The maximum Gasteiger partial charge on any atom is 0.221 e. The third-order valence-electron chi connectivity index (χ3n) is 5.29. The minimum absolute atomic E-state index is 0.195. The van der Waals surface area contributed by atoms with Crippen molar-refractivity contribution in [2.75, 3.05) is 37.6 Å². The first kappa shape index (κ1) is 17.2. The van der Waals surface area contributed by atoms with E-state index in [1.807, 2.05) is 0 Å². The van der Waals surface area contributed by atoms with Crippen LogP contribution in [0, 0.1) is 0 Å². The summed E-state index contributed by atoms with van der Waals surface area (Å²) >= 11 is 0. The number of amides is 1. The van der Waals surface area contributed by atoms with Crippen LogP contribution in [0.2, 0.25) is 0 Å². The fourth-order valence-corrected chi connectivity index (χ4v) is 3.69. The van der Waals surface area contributed by atoms with Gasteiger partial charge in [-0.3, -0.25) is 9.69 Å². The van der Waals surface area contributed by atoms with Gasteiger partial charge in [0, 0.05) is 56.9 Å². The Kier molecular flexibility index (Phi) is 6.10. The molecule has 0 atom stereocenters. The van der Waals surface area contributed by atoms with Gasteiger partial charge in [0.2, 0.25) is 5.91 Å². The summed E-state index contributed by atoms with van der Waals surface area (Å²) in [5.41, 5.74) is 7.21. The van der Waals surface area contributed by atoms with Crippen LogP contribution < -0.4 is 16.0 Å². The third kappa shape index (κ3) is 4.95. The Hall–Kier alpha value is -1.59. The number of carbonyl (C=O) groups excluding carboxylic acids is 1. The molecule has 1 saturated heterocycles. The highest BCUT2D eigenvalue weighted by Crippen LogP contribution is 2.17. The van der Waals surface area contributed by atoms with Crippen LogP contribution in [-0.4, -0.2) is 55.6 Å². The van der Waals surface area contributed by atoms with E-state index in [0.29, 0.717) is 18.5 Å². The predicted molar refractivity (Wildman–Crippen MR) is 98.1 cm³/mol. The van der Waals surface area contributed by atoms with Gasteiger partial charge in [-0.1, -0.05) is 18.2 Å². The summed E-state index contributed by atoms with van der Waals surface area (Å²) in [6.07, 6.45) is 4.73. The second-order valence-corrected chi connectivity index (χ2v) is 7.09. The molecular weight excluding hydrogens is 300 g/mol. The number of anilines is 1. The molecule has 0 aromatic heterocycles. The average molecular weight is 330 g/mol. The molecule has 2 fully saturated rings. The molecule has 0 bridgehead atoms. The minimum atomic E-state index is 0.195. The van der Waals surface area contributed by atoms with Gasteiger partial charge < -0.3 is 16.0 Å². The molecule has 2 aliphatic rings. The second kappa shape index (κ2) is 8.49. The van der Waals surface area contributed by atoms with E-state index < -0.39 is 0 Å². The van der Waals surface area contributed by atoms with Crippen molar-refractivity contribution in [3.05, 3.63) is 30.3 Å².